The van der Waals surface area contributed by atoms with Gasteiger partial charge in [-0.15, -0.1) is 0 Å². The maximum atomic E-state index is 13.6. The molecule has 39 heavy (non-hydrogen) atoms. The second-order valence-electron chi connectivity index (χ2n) is 10.2. The number of amides is 5. The number of hydrazone groups is 1. The van der Waals surface area contributed by atoms with Gasteiger partial charge in [0.25, 0.3) is 5.91 Å². The Balaban J connectivity index is 1.33. The van der Waals surface area contributed by atoms with Crippen LogP contribution in [0.3, 0.4) is 0 Å². The summed E-state index contributed by atoms with van der Waals surface area (Å²) >= 11 is 0. The third-order valence-corrected chi connectivity index (χ3v) is 8.23. The number of hydrogen-bond donors (Lipinski definition) is 0. The van der Waals surface area contributed by atoms with E-state index >= 15 is 0 Å². The van der Waals surface area contributed by atoms with Crippen LogP contribution in [-0.2, 0) is 14.4 Å². The Morgan fingerprint density at radius 3 is 2.26 bits per heavy atom. The maximum Gasteiger partial charge on any atom is 0.327 e. The van der Waals surface area contributed by atoms with Crippen molar-refractivity contribution >= 4 is 29.5 Å². The predicted molar refractivity (Wildman–Crippen MR) is 141 cm³/mol. The van der Waals surface area contributed by atoms with E-state index in [1.165, 1.54) is 10.0 Å². The zero-order valence-corrected chi connectivity index (χ0v) is 22.8. The SMILES string of the molecule is CCN1CCN(C(=O)N2CCN(N3N=C(c4ccc(OC)c(OC)c4)C4CCCCC4C3=O)CC2)C(=O)C1=O. The molecular weight excluding hydrogens is 504 g/mol. The molecule has 2 atom stereocenters. The fourth-order valence-corrected chi connectivity index (χ4v) is 6.00. The highest BCUT2D eigenvalue weighted by Crippen LogP contribution is 2.39. The van der Waals surface area contributed by atoms with Crippen molar-refractivity contribution in [3.8, 4) is 11.5 Å². The number of nitrogens with zero attached hydrogens (tertiary/aromatic N) is 6. The fourth-order valence-electron chi connectivity index (χ4n) is 6.00. The molecule has 0 spiro atoms. The van der Waals surface area contributed by atoms with Gasteiger partial charge >= 0.3 is 17.8 Å². The molecule has 5 rings (SSSR count). The van der Waals surface area contributed by atoms with Crippen molar-refractivity contribution in [2.45, 2.75) is 32.6 Å². The summed E-state index contributed by atoms with van der Waals surface area (Å²) in [4.78, 5) is 55.6. The lowest BCUT2D eigenvalue weighted by Gasteiger charge is -2.45. The van der Waals surface area contributed by atoms with Crippen molar-refractivity contribution in [1.82, 2.24) is 24.8 Å². The number of ether oxygens (including phenoxy) is 2. The number of imide groups is 1. The minimum Gasteiger partial charge on any atom is -0.493 e. The average molecular weight is 541 g/mol. The molecule has 12 heteroatoms. The molecule has 0 bridgehead atoms. The molecule has 1 aromatic rings. The van der Waals surface area contributed by atoms with Crippen LogP contribution < -0.4 is 9.47 Å². The number of hydrogen-bond acceptors (Lipinski definition) is 8. The summed E-state index contributed by atoms with van der Waals surface area (Å²) in [6.45, 7) is 4.15. The van der Waals surface area contributed by atoms with E-state index in [4.69, 9.17) is 14.6 Å². The fraction of sp³-hybridized carbons (Fsp3) is 0.593. The molecule has 4 aliphatic rings. The number of urea groups is 1. The summed E-state index contributed by atoms with van der Waals surface area (Å²) < 4.78 is 10.9. The Morgan fingerprint density at radius 2 is 1.59 bits per heavy atom. The van der Waals surface area contributed by atoms with Gasteiger partial charge in [0, 0.05) is 63.2 Å². The zero-order valence-electron chi connectivity index (χ0n) is 22.8. The first-order valence-electron chi connectivity index (χ1n) is 13.7. The highest BCUT2D eigenvalue weighted by atomic mass is 16.5. The summed E-state index contributed by atoms with van der Waals surface area (Å²) in [5.41, 5.74) is 1.75. The van der Waals surface area contributed by atoms with E-state index in [-0.39, 0.29) is 24.3 Å². The molecule has 1 saturated carbocycles. The molecule has 210 valence electrons. The number of rotatable bonds is 5. The molecule has 2 unspecified atom stereocenters. The number of fused-ring (bicyclic) bond motifs is 1. The second kappa shape index (κ2) is 11.2. The highest BCUT2D eigenvalue weighted by molar-refractivity contribution is 6.38. The lowest BCUT2D eigenvalue weighted by Crippen LogP contribution is -2.63. The van der Waals surface area contributed by atoms with Crippen molar-refractivity contribution in [2.24, 2.45) is 16.9 Å². The van der Waals surface area contributed by atoms with Crippen molar-refractivity contribution < 1.29 is 28.7 Å². The lowest BCUT2D eigenvalue weighted by atomic mass is 9.73. The van der Waals surface area contributed by atoms with Crippen LogP contribution in [0.2, 0.25) is 0 Å². The van der Waals surface area contributed by atoms with E-state index in [0.717, 1.165) is 41.9 Å². The van der Waals surface area contributed by atoms with Crippen LogP contribution >= 0.6 is 0 Å². The molecule has 3 heterocycles. The largest absolute Gasteiger partial charge is 0.493 e. The number of hydrazine groups is 1. The number of carbonyl (C=O) groups excluding carboxylic acids is 4. The van der Waals surface area contributed by atoms with Gasteiger partial charge in [0.2, 0.25) is 0 Å². The standard InChI is InChI=1S/C27H36N6O6/c1-4-29-13-16-32(26(36)25(29)35)27(37)30-11-14-31(15-12-30)33-24(34)20-8-6-5-7-19(20)23(28-33)18-9-10-21(38-2)22(17-18)39-3/h9-10,17,19-20H,4-8,11-16H2,1-3H3. The summed E-state index contributed by atoms with van der Waals surface area (Å²) in [6.07, 6.45) is 3.76. The monoisotopic (exact) mass is 540 g/mol. The van der Waals surface area contributed by atoms with E-state index in [9.17, 15) is 19.2 Å². The Kier molecular flexibility index (Phi) is 7.74. The van der Waals surface area contributed by atoms with Gasteiger partial charge in [-0.3, -0.25) is 19.3 Å². The van der Waals surface area contributed by atoms with E-state index < -0.39 is 17.8 Å². The summed E-state index contributed by atoms with van der Waals surface area (Å²) in [5, 5.41) is 8.25. The number of benzene rings is 1. The van der Waals surface area contributed by atoms with Gasteiger partial charge in [-0.05, 0) is 38.0 Å². The first-order chi connectivity index (χ1) is 18.9. The van der Waals surface area contributed by atoms with E-state index in [1.54, 1.807) is 26.0 Å². The molecule has 3 aliphatic heterocycles. The topological polar surface area (TPSA) is 115 Å². The quantitative estimate of drug-likeness (QED) is 0.519. The normalized spacial score (nSPS) is 24.5. The van der Waals surface area contributed by atoms with Crippen molar-refractivity contribution in [3.05, 3.63) is 23.8 Å². The minimum atomic E-state index is -0.783. The molecule has 0 aromatic heterocycles. The van der Waals surface area contributed by atoms with Crippen LogP contribution in [0.4, 0.5) is 4.79 Å². The van der Waals surface area contributed by atoms with Gasteiger partial charge in [0.05, 0.1) is 19.9 Å². The number of methoxy groups -OCH3 is 2. The van der Waals surface area contributed by atoms with Crippen LogP contribution in [-0.4, -0.2) is 114 Å². The zero-order chi connectivity index (χ0) is 27.7. The number of piperazine rings is 2. The molecule has 2 saturated heterocycles. The Bertz CT molecular complexity index is 1180. The van der Waals surface area contributed by atoms with Crippen LogP contribution in [0, 0.1) is 11.8 Å². The minimum absolute atomic E-state index is 0.0137. The van der Waals surface area contributed by atoms with Gasteiger partial charge in [0.15, 0.2) is 11.5 Å². The van der Waals surface area contributed by atoms with Gasteiger partial charge in [0.1, 0.15) is 0 Å². The molecule has 1 aliphatic carbocycles. The van der Waals surface area contributed by atoms with Crippen molar-refractivity contribution in [3.63, 3.8) is 0 Å². The Morgan fingerprint density at radius 1 is 0.897 bits per heavy atom. The number of likely N-dealkylation sites (N-methyl/N-ethyl adjacent to an activating group) is 1. The van der Waals surface area contributed by atoms with Crippen LogP contribution in [0.1, 0.15) is 38.2 Å². The first-order valence-corrected chi connectivity index (χ1v) is 13.7. The van der Waals surface area contributed by atoms with Crippen molar-refractivity contribution in [1.29, 1.82) is 0 Å². The Labute approximate surface area is 228 Å². The van der Waals surface area contributed by atoms with Gasteiger partial charge < -0.3 is 19.3 Å². The first kappa shape index (κ1) is 26.9. The van der Waals surface area contributed by atoms with Gasteiger partial charge in [-0.25, -0.2) is 4.79 Å². The lowest BCUT2D eigenvalue weighted by molar-refractivity contribution is -0.161. The molecule has 5 amide bonds. The molecule has 12 nitrogen and oxygen atoms in total. The molecule has 1 aromatic carbocycles. The summed E-state index contributed by atoms with van der Waals surface area (Å²) in [7, 11) is 3.19. The molecule has 0 N–H and O–H groups in total. The maximum absolute atomic E-state index is 13.6. The van der Waals surface area contributed by atoms with Gasteiger partial charge in [-0.2, -0.15) is 15.2 Å². The average Bonchev–Trinajstić information content (AvgIpc) is 2.98. The second-order valence-corrected chi connectivity index (χ2v) is 10.2. The summed E-state index contributed by atoms with van der Waals surface area (Å²) in [5.74, 6) is -0.328. The molecule has 3 fully saturated rings. The smallest absolute Gasteiger partial charge is 0.327 e. The van der Waals surface area contributed by atoms with E-state index in [0.29, 0.717) is 50.8 Å². The van der Waals surface area contributed by atoms with Gasteiger partial charge in [-0.1, -0.05) is 12.8 Å². The predicted octanol–water partition coefficient (Wildman–Crippen LogP) is 1.40. The summed E-state index contributed by atoms with van der Waals surface area (Å²) in [6, 6.07) is 5.25. The third-order valence-electron chi connectivity index (χ3n) is 8.23. The Hall–Kier alpha value is -3.67. The number of carbonyl (C=O) groups is 4. The van der Waals surface area contributed by atoms with Crippen LogP contribution in [0.15, 0.2) is 23.3 Å². The van der Waals surface area contributed by atoms with Crippen LogP contribution in [0.25, 0.3) is 0 Å². The third kappa shape index (κ3) is 4.93. The molecular formula is C27H36N6O6. The van der Waals surface area contributed by atoms with E-state index in [2.05, 4.69) is 0 Å². The van der Waals surface area contributed by atoms with Crippen molar-refractivity contribution in [2.75, 3.05) is 60.0 Å². The molecule has 0 radical (unpaired) electrons. The van der Waals surface area contributed by atoms with Crippen LogP contribution in [0.5, 0.6) is 11.5 Å². The highest BCUT2D eigenvalue weighted by Gasteiger charge is 2.44. The van der Waals surface area contributed by atoms with E-state index in [1.807, 2.05) is 23.2 Å².